The molecular weight excluding hydrogens is 618 g/mol. The molecule has 2 aromatic heterocycles. The van der Waals surface area contributed by atoms with Crippen LogP contribution in [0.4, 0.5) is 0 Å². The standard InChI is InChI=1S/C28H22N2.2HI/c1-29-23-15-7-3-11-19(23)27(20-12-4-8-16-24(20)29)28-21-13-5-9-17-25(21)30(2)26-18-10-6-14-22(26)28;;/h3-18H,1-2H3;2*1H/q+2;;/p-2. The van der Waals surface area contributed by atoms with Crippen LogP contribution in [0.1, 0.15) is 0 Å². The highest BCUT2D eigenvalue weighted by atomic mass is 127. The van der Waals surface area contributed by atoms with Crippen LogP contribution in [-0.4, -0.2) is 0 Å². The highest BCUT2D eigenvalue weighted by molar-refractivity contribution is 6.18. The molecule has 4 aromatic carbocycles. The summed E-state index contributed by atoms with van der Waals surface area (Å²) in [6.45, 7) is 0. The summed E-state index contributed by atoms with van der Waals surface area (Å²) in [5, 5.41) is 5.12. The molecule has 0 aliphatic rings. The molecule has 32 heavy (non-hydrogen) atoms. The summed E-state index contributed by atoms with van der Waals surface area (Å²) in [6.07, 6.45) is 0. The van der Waals surface area contributed by atoms with E-state index in [0.29, 0.717) is 0 Å². The summed E-state index contributed by atoms with van der Waals surface area (Å²) < 4.78 is 4.61. The van der Waals surface area contributed by atoms with Crippen molar-refractivity contribution >= 4 is 43.6 Å². The van der Waals surface area contributed by atoms with Crippen LogP contribution in [0.25, 0.3) is 54.7 Å². The zero-order valence-corrected chi connectivity index (χ0v) is 22.2. The predicted octanol–water partition coefficient (Wildman–Crippen LogP) is -0.377. The van der Waals surface area contributed by atoms with Crippen molar-refractivity contribution in [3.63, 3.8) is 0 Å². The van der Waals surface area contributed by atoms with Gasteiger partial charge in [-0.15, -0.1) is 0 Å². The van der Waals surface area contributed by atoms with Gasteiger partial charge in [0, 0.05) is 35.4 Å². The van der Waals surface area contributed by atoms with E-state index in [1.807, 2.05) is 0 Å². The number of aromatic nitrogens is 2. The zero-order chi connectivity index (χ0) is 20.2. The lowest BCUT2D eigenvalue weighted by Crippen LogP contribution is -3.00. The maximum atomic E-state index is 2.31. The molecule has 0 spiro atoms. The minimum Gasteiger partial charge on any atom is -1.00 e. The van der Waals surface area contributed by atoms with Crippen molar-refractivity contribution in [2.24, 2.45) is 14.1 Å². The molecule has 0 saturated carbocycles. The predicted molar refractivity (Wildman–Crippen MR) is 124 cm³/mol. The summed E-state index contributed by atoms with van der Waals surface area (Å²) in [6, 6.07) is 35.0. The van der Waals surface area contributed by atoms with E-state index in [-0.39, 0.29) is 48.0 Å². The van der Waals surface area contributed by atoms with Gasteiger partial charge in [-0.05, 0) is 24.3 Å². The summed E-state index contributed by atoms with van der Waals surface area (Å²) in [5.74, 6) is 0. The van der Waals surface area contributed by atoms with Crippen LogP contribution in [0.2, 0.25) is 0 Å². The van der Waals surface area contributed by atoms with E-state index in [9.17, 15) is 0 Å². The molecule has 0 atom stereocenters. The van der Waals surface area contributed by atoms with Gasteiger partial charge in [0.15, 0.2) is 0 Å². The normalized spacial score (nSPS) is 10.9. The van der Waals surface area contributed by atoms with Gasteiger partial charge in [0.25, 0.3) is 0 Å². The molecule has 0 bridgehead atoms. The number of para-hydroxylation sites is 4. The Kier molecular flexibility index (Phi) is 6.36. The van der Waals surface area contributed by atoms with E-state index < -0.39 is 0 Å². The molecule has 2 nitrogen and oxygen atoms in total. The van der Waals surface area contributed by atoms with Gasteiger partial charge in [-0.2, -0.15) is 9.13 Å². The van der Waals surface area contributed by atoms with Gasteiger partial charge in [-0.25, -0.2) is 0 Å². The number of nitrogens with zero attached hydrogens (tertiary/aromatic N) is 2. The average molecular weight is 640 g/mol. The molecule has 0 amide bonds. The highest BCUT2D eigenvalue weighted by Crippen LogP contribution is 2.40. The van der Waals surface area contributed by atoms with Gasteiger partial charge < -0.3 is 48.0 Å². The van der Waals surface area contributed by atoms with Crippen molar-refractivity contribution < 1.29 is 57.1 Å². The molecule has 0 aliphatic carbocycles. The molecule has 158 valence electrons. The molecule has 0 fully saturated rings. The number of halogens is 2. The lowest BCUT2D eigenvalue weighted by molar-refractivity contribution is -0.617. The quantitative estimate of drug-likeness (QED) is 0.132. The third kappa shape index (κ3) is 3.27. The Morgan fingerprint density at radius 3 is 0.844 bits per heavy atom. The second-order valence-corrected chi connectivity index (χ2v) is 7.94. The Balaban J connectivity index is 0.00000122. The fraction of sp³-hybridized carbons (Fsp3) is 0.0714. The lowest BCUT2D eigenvalue weighted by Gasteiger charge is -2.14. The minimum absolute atomic E-state index is 0. The van der Waals surface area contributed by atoms with Crippen molar-refractivity contribution in [2.45, 2.75) is 0 Å². The SMILES string of the molecule is C[n+]1c2ccccc2c(-c2c3ccccc3[n+](C)c3ccccc23)c2ccccc21.[I-].[I-]. The van der Waals surface area contributed by atoms with E-state index >= 15 is 0 Å². The van der Waals surface area contributed by atoms with Crippen LogP contribution in [0.3, 0.4) is 0 Å². The topological polar surface area (TPSA) is 7.76 Å². The Morgan fingerprint density at radius 2 is 0.594 bits per heavy atom. The summed E-state index contributed by atoms with van der Waals surface area (Å²) in [4.78, 5) is 0. The summed E-state index contributed by atoms with van der Waals surface area (Å²) in [5.41, 5.74) is 7.60. The van der Waals surface area contributed by atoms with E-state index in [2.05, 4.69) is 120 Å². The van der Waals surface area contributed by atoms with E-state index in [4.69, 9.17) is 0 Å². The van der Waals surface area contributed by atoms with Crippen molar-refractivity contribution in [1.29, 1.82) is 0 Å². The fourth-order valence-corrected chi connectivity index (χ4v) is 5.00. The molecule has 2 heterocycles. The molecule has 0 aliphatic heterocycles. The van der Waals surface area contributed by atoms with E-state index in [1.165, 1.54) is 54.7 Å². The fourth-order valence-electron chi connectivity index (χ4n) is 5.00. The van der Waals surface area contributed by atoms with E-state index in [0.717, 1.165) is 0 Å². The number of benzene rings is 4. The maximum Gasteiger partial charge on any atom is 0.213 e. The van der Waals surface area contributed by atoms with Gasteiger partial charge in [0.1, 0.15) is 14.1 Å². The Morgan fingerprint density at radius 1 is 0.375 bits per heavy atom. The third-order valence-electron chi connectivity index (χ3n) is 6.39. The maximum absolute atomic E-state index is 2.31. The second-order valence-electron chi connectivity index (χ2n) is 7.94. The smallest absolute Gasteiger partial charge is 0.213 e. The third-order valence-corrected chi connectivity index (χ3v) is 6.39. The van der Waals surface area contributed by atoms with Crippen LogP contribution in [-0.2, 0) is 14.1 Å². The summed E-state index contributed by atoms with van der Waals surface area (Å²) >= 11 is 0. The monoisotopic (exact) mass is 640 g/mol. The molecule has 6 rings (SSSR count). The molecular formula is C28H22I2N2. The molecule has 0 N–H and O–H groups in total. The van der Waals surface area contributed by atoms with Crippen LogP contribution in [0.5, 0.6) is 0 Å². The van der Waals surface area contributed by atoms with Crippen molar-refractivity contribution in [3.05, 3.63) is 97.1 Å². The molecule has 4 heteroatoms. The Hall–Kier alpha value is -2.32. The van der Waals surface area contributed by atoms with Crippen LogP contribution >= 0.6 is 0 Å². The van der Waals surface area contributed by atoms with Gasteiger partial charge in [0.05, 0.1) is 21.5 Å². The number of rotatable bonds is 1. The lowest BCUT2D eigenvalue weighted by atomic mass is 9.90. The number of hydrogen-bond donors (Lipinski definition) is 0. The van der Waals surface area contributed by atoms with Crippen molar-refractivity contribution in [2.75, 3.05) is 0 Å². The van der Waals surface area contributed by atoms with Crippen molar-refractivity contribution in [3.8, 4) is 11.1 Å². The summed E-state index contributed by atoms with van der Waals surface area (Å²) in [7, 11) is 4.32. The van der Waals surface area contributed by atoms with Crippen LogP contribution in [0, 0.1) is 0 Å². The molecule has 6 aromatic rings. The average Bonchev–Trinajstić information content (AvgIpc) is 2.81. The second kappa shape index (κ2) is 8.90. The Bertz CT molecular complexity index is 1390. The van der Waals surface area contributed by atoms with Crippen molar-refractivity contribution in [1.82, 2.24) is 0 Å². The van der Waals surface area contributed by atoms with Gasteiger partial charge >= 0.3 is 0 Å². The minimum atomic E-state index is 0. The van der Waals surface area contributed by atoms with Gasteiger partial charge in [-0.1, -0.05) is 48.5 Å². The first-order valence-electron chi connectivity index (χ1n) is 10.3. The highest BCUT2D eigenvalue weighted by Gasteiger charge is 2.24. The number of fused-ring (bicyclic) bond motifs is 4. The number of aryl methyl sites for hydroxylation is 2. The van der Waals surface area contributed by atoms with Gasteiger partial charge in [-0.3, -0.25) is 0 Å². The molecule has 0 saturated heterocycles. The van der Waals surface area contributed by atoms with Gasteiger partial charge in [0.2, 0.25) is 22.1 Å². The molecule has 0 unspecified atom stereocenters. The zero-order valence-electron chi connectivity index (χ0n) is 17.9. The van der Waals surface area contributed by atoms with Crippen LogP contribution < -0.4 is 57.1 Å². The first-order chi connectivity index (χ1) is 14.8. The number of pyridine rings is 2. The Labute approximate surface area is 221 Å². The molecule has 0 radical (unpaired) electrons. The largest absolute Gasteiger partial charge is 1.00 e. The first-order valence-corrected chi connectivity index (χ1v) is 10.3. The number of hydrogen-bond acceptors (Lipinski definition) is 0. The van der Waals surface area contributed by atoms with Crippen LogP contribution in [0.15, 0.2) is 97.1 Å². The van der Waals surface area contributed by atoms with E-state index in [1.54, 1.807) is 0 Å². The first kappa shape index (κ1) is 22.9.